The van der Waals surface area contributed by atoms with E-state index in [1.165, 1.54) is 24.5 Å². The molecule has 0 spiro atoms. The number of alkyl halides is 3. The van der Waals surface area contributed by atoms with Crippen LogP contribution in [0.3, 0.4) is 0 Å². The van der Waals surface area contributed by atoms with Crippen LogP contribution < -0.4 is 11.1 Å². The van der Waals surface area contributed by atoms with Gasteiger partial charge in [-0.2, -0.15) is 13.2 Å². The Morgan fingerprint density at radius 1 is 1.26 bits per heavy atom. The Labute approximate surface area is 106 Å². The summed E-state index contributed by atoms with van der Waals surface area (Å²) in [5.74, 6) is -0.727. The second-order valence-corrected chi connectivity index (χ2v) is 3.73. The number of hydrogen-bond acceptors (Lipinski definition) is 3. The summed E-state index contributed by atoms with van der Waals surface area (Å²) < 4.78 is 42.2. The topological polar surface area (TPSA) is 68.3 Å². The van der Waals surface area contributed by atoms with Gasteiger partial charge < -0.3 is 15.5 Å². The monoisotopic (exact) mass is 270 g/mol. The van der Waals surface area contributed by atoms with Crippen molar-refractivity contribution in [2.45, 2.75) is 6.18 Å². The Bertz CT molecular complexity index is 605. The molecule has 0 aliphatic rings. The van der Waals surface area contributed by atoms with Gasteiger partial charge >= 0.3 is 6.18 Å². The Balaban J connectivity index is 2.21. The fourth-order valence-electron chi connectivity index (χ4n) is 1.48. The van der Waals surface area contributed by atoms with Gasteiger partial charge in [0.05, 0.1) is 11.8 Å². The zero-order valence-electron chi connectivity index (χ0n) is 9.49. The largest absolute Gasteiger partial charge is 0.448 e. The van der Waals surface area contributed by atoms with Crippen LogP contribution in [-0.4, -0.2) is 5.91 Å². The molecule has 1 aromatic heterocycles. The number of anilines is 2. The highest BCUT2D eigenvalue weighted by atomic mass is 19.4. The Morgan fingerprint density at radius 3 is 2.58 bits per heavy atom. The van der Waals surface area contributed by atoms with Crippen LogP contribution in [0.25, 0.3) is 0 Å². The molecule has 4 nitrogen and oxygen atoms in total. The van der Waals surface area contributed by atoms with Gasteiger partial charge in [0.25, 0.3) is 5.91 Å². The molecule has 100 valence electrons. The van der Waals surface area contributed by atoms with Gasteiger partial charge in [-0.3, -0.25) is 4.79 Å². The maximum Gasteiger partial charge on any atom is 0.416 e. The van der Waals surface area contributed by atoms with E-state index in [0.717, 1.165) is 12.1 Å². The lowest BCUT2D eigenvalue weighted by Gasteiger charge is -2.09. The van der Waals surface area contributed by atoms with Gasteiger partial charge in [-0.05, 0) is 24.3 Å². The molecule has 0 aliphatic heterocycles. The molecule has 1 aromatic carbocycles. The number of nitrogens with two attached hydrogens (primary N) is 1. The van der Waals surface area contributed by atoms with Crippen molar-refractivity contribution in [1.82, 2.24) is 0 Å². The number of benzene rings is 1. The van der Waals surface area contributed by atoms with Crippen molar-refractivity contribution in [3.8, 4) is 0 Å². The number of hydrogen-bond donors (Lipinski definition) is 2. The Hall–Kier alpha value is -2.44. The summed E-state index contributed by atoms with van der Waals surface area (Å²) in [6.07, 6.45) is -3.24. The molecule has 1 amide bonds. The average Bonchev–Trinajstić information content (AvgIpc) is 2.75. The lowest BCUT2D eigenvalue weighted by molar-refractivity contribution is -0.137. The van der Waals surface area contributed by atoms with Gasteiger partial charge in [-0.15, -0.1) is 0 Å². The second kappa shape index (κ2) is 4.68. The third-order valence-electron chi connectivity index (χ3n) is 2.39. The van der Waals surface area contributed by atoms with E-state index in [1.807, 2.05) is 0 Å². The fraction of sp³-hybridized carbons (Fsp3) is 0.0833. The Kier molecular flexibility index (Phi) is 3.20. The first-order valence-electron chi connectivity index (χ1n) is 5.19. The molecular formula is C12H9F3N2O2. The molecule has 0 atom stereocenters. The van der Waals surface area contributed by atoms with Crippen molar-refractivity contribution in [2.24, 2.45) is 0 Å². The van der Waals surface area contributed by atoms with Crippen molar-refractivity contribution >= 4 is 17.5 Å². The summed E-state index contributed by atoms with van der Waals surface area (Å²) in [6, 6.07) is 5.65. The predicted molar refractivity (Wildman–Crippen MR) is 62.5 cm³/mol. The smallest absolute Gasteiger partial charge is 0.416 e. The highest BCUT2D eigenvalue weighted by Gasteiger charge is 2.30. The van der Waals surface area contributed by atoms with Crippen molar-refractivity contribution in [3.63, 3.8) is 0 Å². The van der Waals surface area contributed by atoms with Crippen LogP contribution >= 0.6 is 0 Å². The molecule has 0 bridgehead atoms. The first-order valence-corrected chi connectivity index (χ1v) is 5.19. The summed E-state index contributed by atoms with van der Waals surface area (Å²) >= 11 is 0. The van der Waals surface area contributed by atoms with E-state index in [-0.39, 0.29) is 17.1 Å². The van der Waals surface area contributed by atoms with E-state index in [0.29, 0.717) is 0 Å². The number of amides is 1. The highest BCUT2D eigenvalue weighted by Crippen LogP contribution is 2.30. The number of carbonyl (C=O) groups excluding carboxylic acids is 1. The number of rotatable bonds is 2. The molecular weight excluding hydrogens is 261 g/mol. The zero-order valence-corrected chi connectivity index (χ0v) is 9.49. The van der Waals surface area contributed by atoms with E-state index in [1.54, 1.807) is 0 Å². The van der Waals surface area contributed by atoms with Crippen LogP contribution in [0.2, 0.25) is 0 Å². The molecule has 2 rings (SSSR count). The first-order chi connectivity index (χ1) is 8.88. The summed E-state index contributed by atoms with van der Waals surface area (Å²) in [4.78, 5) is 11.7. The normalized spacial score (nSPS) is 11.3. The highest BCUT2D eigenvalue weighted by molar-refractivity contribution is 6.07. The molecule has 0 aliphatic carbocycles. The van der Waals surface area contributed by atoms with Crippen molar-refractivity contribution < 1.29 is 22.4 Å². The lowest BCUT2D eigenvalue weighted by atomic mass is 10.2. The quantitative estimate of drug-likeness (QED) is 0.880. The van der Waals surface area contributed by atoms with Crippen LogP contribution in [0, 0.1) is 0 Å². The molecule has 0 saturated carbocycles. The lowest BCUT2D eigenvalue weighted by Crippen LogP contribution is -2.13. The van der Waals surface area contributed by atoms with Crippen molar-refractivity contribution in [1.29, 1.82) is 0 Å². The Morgan fingerprint density at radius 2 is 2.00 bits per heavy atom. The molecule has 7 heteroatoms. The number of carbonyl (C=O) groups is 1. The van der Waals surface area contributed by atoms with Gasteiger partial charge in [0.15, 0.2) is 0 Å². The molecule has 2 aromatic rings. The second-order valence-electron chi connectivity index (χ2n) is 3.73. The molecule has 0 unspecified atom stereocenters. The summed E-state index contributed by atoms with van der Waals surface area (Å²) in [6.45, 7) is 0. The molecule has 3 N–H and O–H groups in total. The third-order valence-corrected chi connectivity index (χ3v) is 2.39. The minimum Gasteiger partial charge on any atom is -0.448 e. The van der Waals surface area contributed by atoms with Gasteiger partial charge in [-0.1, -0.05) is 6.07 Å². The van der Waals surface area contributed by atoms with Gasteiger partial charge in [0.1, 0.15) is 5.56 Å². The van der Waals surface area contributed by atoms with Crippen LogP contribution in [0.1, 0.15) is 15.9 Å². The first kappa shape index (κ1) is 13.0. The van der Waals surface area contributed by atoms with Crippen molar-refractivity contribution in [3.05, 3.63) is 47.7 Å². The molecule has 19 heavy (non-hydrogen) atoms. The van der Waals surface area contributed by atoms with E-state index < -0.39 is 17.6 Å². The summed E-state index contributed by atoms with van der Waals surface area (Å²) in [5.41, 5.74) is 4.64. The average molecular weight is 270 g/mol. The standard InChI is InChI=1S/C12H9F3N2O2/c13-12(14,15)7-2-1-3-8(6-7)17-11(18)9-4-5-19-10(9)16/h1-6H,16H2,(H,17,18). The van der Waals surface area contributed by atoms with Crippen molar-refractivity contribution in [2.75, 3.05) is 11.1 Å². The SMILES string of the molecule is Nc1occc1C(=O)Nc1cccc(C(F)(F)F)c1. The van der Waals surface area contributed by atoms with E-state index in [2.05, 4.69) is 5.32 Å². The van der Waals surface area contributed by atoms with E-state index in [9.17, 15) is 18.0 Å². The van der Waals surface area contributed by atoms with Gasteiger partial charge in [-0.25, -0.2) is 0 Å². The number of halogens is 3. The number of nitrogen functional groups attached to an aromatic ring is 1. The third kappa shape index (κ3) is 2.87. The predicted octanol–water partition coefficient (Wildman–Crippen LogP) is 3.13. The van der Waals surface area contributed by atoms with Crippen LogP contribution in [0.5, 0.6) is 0 Å². The fourth-order valence-corrected chi connectivity index (χ4v) is 1.48. The maximum atomic E-state index is 12.5. The minimum absolute atomic E-state index is 0.0282. The van der Waals surface area contributed by atoms with E-state index in [4.69, 9.17) is 10.2 Å². The van der Waals surface area contributed by atoms with Crippen LogP contribution in [0.15, 0.2) is 41.0 Å². The molecule has 0 saturated heterocycles. The summed E-state index contributed by atoms with van der Waals surface area (Å²) in [5, 5.41) is 2.32. The zero-order chi connectivity index (χ0) is 14.0. The summed E-state index contributed by atoms with van der Waals surface area (Å²) in [7, 11) is 0. The minimum atomic E-state index is -4.46. The molecule has 0 radical (unpaired) electrons. The van der Waals surface area contributed by atoms with Crippen LogP contribution in [-0.2, 0) is 6.18 Å². The maximum absolute atomic E-state index is 12.5. The van der Waals surface area contributed by atoms with Gasteiger partial charge in [0, 0.05) is 5.69 Å². The number of furan rings is 1. The van der Waals surface area contributed by atoms with Crippen LogP contribution in [0.4, 0.5) is 24.7 Å². The van der Waals surface area contributed by atoms with Gasteiger partial charge in [0.2, 0.25) is 5.88 Å². The van der Waals surface area contributed by atoms with E-state index >= 15 is 0 Å². The number of nitrogens with one attached hydrogen (secondary N) is 1. The molecule has 1 heterocycles. The molecule has 0 fully saturated rings.